The number of piperidine rings is 1. The van der Waals surface area contributed by atoms with E-state index in [4.69, 9.17) is 9.47 Å². The molecule has 0 unspecified atom stereocenters. The lowest BCUT2D eigenvalue weighted by Crippen LogP contribution is -2.50. The van der Waals surface area contributed by atoms with E-state index in [-0.39, 0.29) is 12.1 Å². The highest BCUT2D eigenvalue weighted by atomic mass is 79.9. The number of hydrogen-bond donors (Lipinski definition) is 0. The van der Waals surface area contributed by atoms with Gasteiger partial charge in [0.1, 0.15) is 5.60 Å². The number of hydrogen-bond acceptors (Lipinski definition) is 4. The first kappa shape index (κ1) is 18.8. The van der Waals surface area contributed by atoms with Gasteiger partial charge >= 0.3 is 12.1 Å². The topological polar surface area (TPSA) is 55.8 Å². The fourth-order valence-corrected chi connectivity index (χ4v) is 3.69. The van der Waals surface area contributed by atoms with Crippen molar-refractivity contribution in [3.8, 4) is 0 Å². The van der Waals surface area contributed by atoms with Crippen LogP contribution in [0.3, 0.4) is 0 Å². The van der Waals surface area contributed by atoms with Crippen molar-refractivity contribution in [2.24, 2.45) is 0 Å². The first-order chi connectivity index (χ1) is 11.2. The summed E-state index contributed by atoms with van der Waals surface area (Å²) < 4.78 is 11.4. The maximum Gasteiger partial charge on any atom is 0.410 e. The zero-order valence-corrected chi connectivity index (χ0v) is 16.2. The van der Waals surface area contributed by atoms with Crippen LogP contribution in [0.5, 0.6) is 0 Å². The minimum absolute atomic E-state index is 0.266. The van der Waals surface area contributed by atoms with Crippen molar-refractivity contribution in [1.29, 1.82) is 0 Å². The smallest absolute Gasteiger partial charge is 0.410 e. The minimum atomic E-state index is -0.743. The van der Waals surface area contributed by atoms with Gasteiger partial charge < -0.3 is 14.4 Å². The fraction of sp³-hybridized carbons (Fsp3) is 0.556. The summed E-state index contributed by atoms with van der Waals surface area (Å²) in [5.41, 5.74) is -0.371. The molecule has 1 aliphatic heterocycles. The molecule has 1 fully saturated rings. The maximum absolute atomic E-state index is 12.6. The number of halogens is 1. The average Bonchev–Trinajstić information content (AvgIpc) is 2.53. The molecular formula is C18H24BrNO4. The Labute approximate surface area is 151 Å². The van der Waals surface area contributed by atoms with Crippen molar-refractivity contribution in [3.63, 3.8) is 0 Å². The van der Waals surface area contributed by atoms with Gasteiger partial charge in [-0.1, -0.05) is 34.1 Å². The highest BCUT2D eigenvalue weighted by molar-refractivity contribution is 9.10. The predicted octanol–water partition coefficient (Wildman–Crippen LogP) is 3.89. The molecule has 1 amide bonds. The van der Waals surface area contributed by atoms with Crippen LogP contribution in [-0.4, -0.2) is 42.8 Å². The van der Waals surface area contributed by atoms with Gasteiger partial charge in [0, 0.05) is 17.6 Å². The Morgan fingerprint density at radius 1 is 1.17 bits per heavy atom. The van der Waals surface area contributed by atoms with Gasteiger partial charge in [0.25, 0.3) is 0 Å². The van der Waals surface area contributed by atoms with E-state index in [9.17, 15) is 9.59 Å². The molecule has 24 heavy (non-hydrogen) atoms. The van der Waals surface area contributed by atoms with Crippen molar-refractivity contribution in [2.45, 2.75) is 44.6 Å². The molecule has 1 aliphatic rings. The zero-order valence-electron chi connectivity index (χ0n) is 14.6. The van der Waals surface area contributed by atoms with Crippen molar-refractivity contribution < 1.29 is 19.1 Å². The lowest BCUT2D eigenvalue weighted by Gasteiger charge is -2.40. The Bertz CT molecular complexity index is 616. The van der Waals surface area contributed by atoms with Crippen LogP contribution in [0.1, 0.15) is 39.2 Å². The first-order valence-corrected chi connectivity index (χ1v) is 8.80. The van der Waals surface area contributed by atoms with Gasteiger partial charge in [0.05, 0.1) is 12.5 Å². The molecule has 0 aliphatic carbocycles. The highest BCUT2D eigenvalue weighted by Gasteiger charge is 2.46. The number of nitrogens with zero attached hydrogens (tertiary/aromatic N) is 1. The van der Waals surface area contributed by atoms with Gasteiger partial charge in [0.15, 0.2) is 0 Å². The van der Waals surface area contributed by atoms with Crippen LogP contribution in [0.25, 0.3) is 0 Å². The molecular weight excluding hydrogens is 374 g/mol. The second-order valence-corrected chi connectivity index (χ2v) is 7.88. The molecule has 132 valence electrons. The summed E-state index contributed by atoms with van der Waals surface area (Å²) in [5.74, 6) is -0.266. The van der Waals surface area contributed by atoms with E-state index in [1.54, 1.807) is 4.90 Å². The lowest BCUT2D eigenvalue weighted by molar-refractivity contribution is -0.149. The van der Waals surface area contributed by atoms with E-state index in [0.29, 0.717) is 25.9 Å². The summed E-state index contributed by atoms with van der Waals surface area (Å²) >= 11 is 3.54. The van der Waals surface area contributed by atoms with Crippen LogP contribution >= 0.6 is 15.9 Å². The van der Waals surface area contributed by atoms with Crippen molar-refractivity contribution >= 4 is 28.0 Å². The van der Waals surface area contributed by atoms with Crippen LogP contribution in [0.4, 0.5) is 4.79 Å². The summed E-state index contributed by atoms with van der Waals surface area (Å²) in [7, 11) is 1.40. The molecule has 0 radical (unpaired) electrons. The van der Waals surface area contributed by atoms with Crippen molar-refractivity contribution in [2.75, 3.05) is 20.2 Å². The molecule has 0 N–H and O–H groups in total. The average molecular weight is 398 g/mol. The Morgan fingerprint density at radius 3 is 2.25 bits per heavy atom. The van der Waals surface area contributed by atoms with E-state index in [2.05, 4.69) is 15.9 Å². The quantitative estimate of drug-likeness (QED) is 0.710. The summed E-state index contributed by atoms with van der Waals surface area (Å²) in [4.78, 5) is 26.5. The summed E-state index contributed by atoms with van der Waals surface area (Å²) in [6, 6.07) is 7.67. The number of carbonyl (C=O) groups excluding carboxylic acids is 2. The third-order valence-electron chi connectivity index (χ3n) is 4.23. The van der Waals surface area contributed by atoms with Gasteiger partial charge in [-0.2, -0.15) is 0 Å². The number of esters is 1. The van der Waals surface area contributed by atoms with E-state index < -0.39 is 11.0 Å². The van der Waals surface area contributed by atoms with Gasteiger partial charge in [-0.15, -0.1) is 0 Å². The second-order valence-electron chi connectivity index (χ2n) is 7.02. The van der Waals surface area contributed by atoms with Crippen LogP contribution in [0.15, 0.2) is 28.7 Å². The number of rotatable bonds is 2. The third kappa shape index (κ3) is 3.91. The number of carbonyl (C=O) groups is 2. The van der Waals surface area contributed by atoms with Gasteiger partial charge in [0.2, 0.25) is 0 Å². The Balaban J connectivity index is 2.22. The SMILES string of the molecule is COC(=O)C1(c2ccccc2Br)CCN(C(=O)OC(C)(C)C)CC1. The largest absolute Gasteiger partial charge is 0.468 e. The molecule has 0 aromatic heterocycles. The van der Waals surface area contributed by atoms with Crippen LogP contribution in [0.2, 0.25) is 0 Å². The van der Waals surface area contributed by atoms with Gasteiger partial charge in [-0.3, -0.25) is 4.79 Å². The second kappa shape index (κ2) is 7.13. The maximum atomic E-state index is 12.6. The van der Waals surface area contributed by atoms with Gasteiger partial charge in [-0.05, 0) is 45.2 Å². The molecule has 1 aromatic rings. The molecule has 1 heterocycles. The molecule has 0 spiro atoms. The molecule has 0 saturated carbocycles. The summed E-state index contributed by atoms with van der Waals surface area (Å²) in [6.45, 7) is 6.43. The van der Waals surface area contributed by atoms with E-state index in [1.807, 2.05) is 45.0 Å². The molecule has 0 bridgehead atoms. The molecule has 0 atom stereocenters. The third-order valence-corrected chi connectivity index (χ3v) is 4.93. The zero-order chi connectivity index (χ0) is 18.0. The van der Waals surface area contributed by atoms with E-state index in [0.717, 1.165) is 10.0 Å². The van der Waals surface area contributed by atoms with Crippen LogP contribution < -0.4 is 0 Å². The summed E-state index contributed by atoms with van der Waals surface area (Å²) in [5, 5.41) is 0. The predicted molar refractivity (Wildman–Crippen MR) is 94.9 cm³/mol. The summed E-state index contributed by atoms with van der Waals surface area (Å²) in [6.07, 6.45) is 0.663. The number of methoxy groups -OCH3 is 1. The number of ether oxygens (including phenoxy) is 2. The van der Waals surface area contributed by atoms with Crippen molar-refractivity contribution in [3.05, 3.63) is 34.3 Å². The minimum Gasteiger partial charge on any atom is -0.468 e. The number of amides is 1. The van der Waals surface area contributed by atoms with Crippen LogP contribution in [-0.2, 0) is 19.7 Å². The van der Waals surface area contributed by atoms with Crippen molar-refractivity contribution in [1.82, 2.24) is 4.90 Å². The monoisotopic (exact) mass is 397 g/mol. The molecule has 5 nitrogen and oxygen atoms in total. The molecule has 2 rings (SSSR count). The van der Waals surface area contributed by atoms with E-state index >= 15 is 0 Å². The highest BCUT2D eigenvalue weighted by Crippen LogP contribution is 2.40. The number of benzene rings is 1. The number of likely N-dealkylation sites (tertiary alicyclic amines) is 1. The molecule has 1 aromatic carbocycles. The standard InChI is InChI=1S/C18H24BrNO4/c1-17(2,3)24-16(22)20-11-9-18(10-12-20,15(21)23-4)13-7-5-6-8-14(13)19/h5-8H,9-12H2,1-4H3. The van der Waals surface area contributed by atoms with Gasteiger partial charge in [-0.25, -0.2) is 4.79 Å². The molecule has 1 saturated heterocycles. The Hall–Kier alpha value is -1.56. The van der Waals surface area contributed by atoms with Crippen LogP contribution in [0, 0.1) is 0 Å². The first-order valence-electron chi connectivity index (χ1n) is 8.01. The Morgan fingerprint density at radius 2 is 1.75 bits per heavy atom. The normalized spacial score (nSPS) is 17.3. The molecule has 6 heteroatoms. The lowest BCUT2D eigenvalue weighted by atomic mass is 9.73. The fourth-order valence-electron chi connectivity index (χ4n) is 3.03. The Kier molecular flexibility index (Phi) is 5.58. The van der Waals surface area contributed by atoms with E-state index in [1.165, 1.54) is 7.11 Å².